The lowest BCUT2D eigenvalue weighted by molar-refractivity contribution is 0.0810. The summed E-state index contributed by atoms with van der Waals surface area (Å²) < 4.78 is 0.965. The van der Waals surface area contributed by atoms with Crippen LogP contribution >= 0.6 is 15.9 Å². The molecule has 1 saturated heterocycles. The Bertz CT molecular complexity index is 442. The van der Waals surface area contributed by atoms with Gasteiger partial charge in [0.25, 0.3) is 0 Å². The Morgan fingerprint density at radius 1 is 1.44 bits per heavy atom. The third kappa shape index (κ3) is 3.66. The van der Waals surface area contributed by atoms with Crippen molar-refractivity contribution in [1.29, 1.82) is 0 Å². The summed E-state index contributed by atoms with van der Waals surface area (Å²) in [7, 11) is 0. The van der Waals surface area contributed by atoms with Crippen LogP contribution in [0, 0.1) is 5.41 Å². The summed E-state index contributed by atoms with van der Waals surface area (Å²) >= 11 is 3.41. The average molecular weight is 310 g/mol. The number of piperidine rings is 1. The smallest absolute Gasteiger partial charge is 0.176 e. The standard InChI is InChI=1S/C15H20BrNO/c1-15(2)7-4-8-17(11-15)10-14(18)12-5-3-6-13(16)9-12/h3,5-6,9H,4,7-8,10-11H2,1-2H3. The molecule has 0 saturated carbocycles. The summed E-state index contributed by atoms with van der Waals surface area (Å²) in [6, 6.07) is 7.65. The van der Waals surface area contributed by atoms with Gasteiger partial charge in [-0.1, -0.05) is 41.9 Å². The van der Waals surface area contributed by atoms with Crippen molar-refractivity contribution in [3.63, 3.8) is 0 Å². The molecule has 18 heavy (non-hydrogen) atoms. The van der Waals surface area contributed by atoms with Crippen LogP contribution < -0.4 is 0 Å². The number of carbonyl (C=O) groups excluding carboxylic acids is 1. The fourth-order valence-electron chi connectivity index (χ4n) is 2.64. The van der Waals surface area contributed by atoms with E-state index in [0.717, 1.165) is 23.1 Å². The maximum atomic E-state index is 12.2. The molecule has 0 radical (unpaired) electrons. The highest BCUT2D eigenvalue weighted by molar-refractivity contribution is 9.10. The summed E-state index contributed by atoms with van der Waals surface area (Å²) in [5.41, 5.74) is 1.14. The molecule has 1 aliphatic heterocycles. The van der Waals surface area contributed by atoms with Crippen LogP contribution in [-0.4, -0.2) is 30.3 Å². The van der Waals surface area contributed by atoms with Crippen molar-refractivity contribution >= 4 is 21.7 Å². The van der Waals surface area contributed by atoms with Crippen LogP contribution in [-0.2, 0) is 0 Å². The minimum absolute atomic E-state index is 0.217. The van der Waals surface area contributed by atoms with E-state index in [1.807, 2.05) is 24.3 Å². The van der Waals surface area contributed by atoms with Crippen LogP contribution in [0.25, 0.3) is 0 Å². The Labute approximate surface area is 117 Å². The second-order valence-corrected chi connectivity index (χ2v) is 6.83. The molecule has 1 heterocycles. The number of Topliss-reactive ketones (excluding diaryl/α,β-unsaturated/α-hetero) is 1. The Hall–Kier alpha value is -0.670. The van der Waals surface area contributed by atoms with E-state index < -0.39 is 0 Å². The van der Waals surface area contributed by atoms with E-state index in [9.17, 15) is 4.79 Å². The molecule has 3 heteroatoms. The number of likely N-dealkylation sites (tertiary alicyclic amines) is 1. The third-order valence-corrected chi connectivity index (χ3v) is 3.99. The molecule has 1 aromatic rings. The van der Waals surface area contributed by atoms with E-state index in [-0.39, 0.29) is 5.78 Å². The zero-order valence-corrected chi connectivity index (χ0v) is 12.7. The number of hydrogen-bond acceptors (Lipinski definition) is 2. The molecule has 0 bridgehead atoms. The molecule has 0 amide bonds. The number of rotatable bonds is 3. The van der Waals surface area contributed by atoms with Crippen LogP contribution in [0.4, 0.5) is 0 Å². The largest absolute Gasteiger partial charge is 0.295 e. The lowest BCUT2D eigenvalue weighted by Crippen LogP contribution is -2.42. The van der Waals surface area contributed by atoms with E-state index in [0.29, 0.717) is 12.0 Å². The Kier molecular flexibility index (Phi) is 4.23. The number of ketones is 1. The number of hydrogen-bond donors (Lipinski definition) is 0. The number of nitrogens with zero attached hydrogens (tertiary/aromatic N) is 1. The van der Waals surface area contributed by atoms with Crippen molar-refractivity contribution in [3.05, 3.63) is 34.3 Å². The zero-order chi connectivity index (χ0) is 13.2. The van der Waals surface area contributed by atoms with Gasteiger partial charge in [-0.2, -0.15) is 0 Å². The van der Waals surface area contributed by atoms with Crippen LogP contribution in [0.2, 0.25) is 0 Å². The number of benzene rings is 1. The van der Waals surface area contributed by atoms with Gasteiger partial charge in [-0.05, 0) is 36.9 Å². The Balaban J connectivity index is 1.99. The van der Waals surface area contributed by atoms with Gasteiger partial charge < -0.3 is 0 Å². The molecule has 0 aromatic heterocycles. The first-order chi connectivity index (χ1) is 8.46. The first-order valence-corrected chi connectivity index (χ1v) is 7.27. The highest BCUT2D eigenvalue weighted by Gasteiger charge is 2.27. The molecular weight excluding hydrogens is 290 g/mol. The predicted molar refractivity (Wildman–Crippen MR) is 77.9 cm³/mol. The highest BCUT2D eigenvalue weighted by Crippen LogP contribution is 2.28. The van der Waals surface area contributed by atoms with Crippen molar-refractivity contribution in [2.45, 2.75) is 26.7 Å². The maximum Gasteiger partial charge on any atom is 0.176 e. The average Bonchev–Trinajstić information content (AvgIpc) is 2.27. The molecule has 0 atom stereocenters. The maximum absolute atomic E-state index is 12.2. The zero-order valence-electron chi connectivity index (χ0n) is 11.1. The summed E-state index contributed by atoms with van der Waals surface area (Å²) in [4.78, 5) is 14.5. The molecule has 0 aliphatic carbocycles. The van der Waals surface area contributed by atoms with E-state index >= 15 is 0 Å². The highest BCUT2D eigenvalue weighted by atomic mass is 79.9. The van der Waals surface area contributed by atoms with Gasteiger partial charge in [0.05, 0.1) is 6.54 Å². The Morgan fingerprint density at radius 2 is 2.22 bits per heavy atom. The third-order valence-electron chi connectivity index (χ3n) is 3.49. The topological polar surface area (TPSA) is 20.3 Å². The molecule has 98 valence electrons. The van der Waals surface area contributed by atoms with Gasteiger partial charge in [0.1, 0.15) is 0 Å². The first-order valence-electron chi connectivity index (χ1n) is 6.47. The van der Waals surface area contributed by atoms with Crippen LogP contribution in [0.3, 0.4) is 0 Å². The number of carbonyl (C=O) groups is 1. The molecule has 2 nitrogen and oxygen atoms in total. The normalized spacial score (nSPS) is 19.7. The number of halogens is 1. The Morgan fingerprint density at radius 3 is 2.89 bits per heavy atom. The van der Waals surface area contributed by atoms with Gasteiger partial charge in [-0.3, -0.25) is 9.69 Å². The predicted octanol–water partition coefficient (Wildman–Crippen LogP) is 3.75. The fourth-order valence-corrected chi connectivity index (χ4v) is 3.04. The van der Waals surface area contributed by atoms with Gasteiger partial charge in [-0.15, -0.1) is 0 Å². The lowest BCUT2D eigenvalue weighted by Gasteiger charge is -2.37. The van der Waals surface area contributed by atoms with E-state index in [1.54, 1.807) is 0 Å². The molecule has 1 aliphatic rings. The second-order valence-electron chi connectivity index (χ2n) is 5.91. The van der Waals surface area contributed by atoms with Gasteiger partial charge in [0, 0.05) is 16.6 Å². The summed E-state index contributed by atoms with van der Waals surface area (Å²) in [5.74, 6) is 0.217. The van der Waals surface area contributed by atoms with Crippen LogP contribution in [0.5, 0.6) is 0 Å². The molecule has 0 spiro atoms. The minimum Gasteiger partial charge on any atom is -0.295 e. The quantitative estimate of drug-likeness (QED) is 0.793. The van der Waals surface area contributed by atoms with Crippen LogP contribution in [0.15, 0.2) is 28.7 Å². The second kappa shape index (κ2) is 5.54. The SMILES string of the molecule is CC1(C)CCCN(CC(=O)c2cccc(Br)c2)C1. The monoisotopic (exact) mass is 309 g/mol. The van der Waals surface area contributed by atoms with Gasteiger partial charge in [0.2, 0.25) is 0 Å². The van der Waals surface area contributed by atoms with Gasteiger partial charge >= 0.3 is 0 Å². The molecule has 0 N–H and O–H groups in total. The van der Waals surface area contributed by atoms with Gasteiger partial charge in [0.15, 0.2) is 5.78 Å². The van der Waals surface area contributed by atoms with Crippen molar-refractivity contribution in [2.24, 2.45) is 5.41 Å². The van der Waals surface area contributed by atoms with Gasteiger partial charge in [-0.25, -0.2) is 0 Å². The molecule has 2 rings (SSSR count). The van der Waals surface area contributed by atoms with E-state index in [4.69, 9.17) is 0 Å². The first kappa shape index (κ1) is 13.8. The van der Waals surface area contributed by atoms with Crippen molar-refractivity contribution < 1.29 is 4.79 Å². The summed E-state index contributed by atoms with van der Waals surface area (Å²) in [6.07, 6.45) is 2.45. The van der Waals surface area contributed by atoms with Crippen molar-refractivity contribution in [1.82, 2.24) is 4.90 Å². The van der Waals surface area contributed by atoms with Crippen molar-refractivity contribution in [3.8, 4) is 0 Å². The molecule has 1 fully saturated rings. The van der Waals surface area contributed by atoms with Crippen LogP contribution in [0.1, 0.15) is 37.0 Å². The summed E-state index contributed by atoms with van der Waals surface area (Å²) in [5, 5.41) is 0. The van der Waals surface area contributed by atoms with Crippen molar-refractivity contribution in [2.75, 3.05) is 19.6 Å². The van der Waals surface area contributed by atoms with E-state index in [2.05, 4.69) is 34.7 Å². The molecular formula is C15H20BrNO. The lowest BCUT2D eigenvalue weighted by atomic mass is 9.84. The molecule has 1 aromatic carbocycles. The fraction of sp³-hybridized carbons (Fsp3) is 0.533. The minimum atomic E-state index is 0.217. The molecule has 0 unspecified atom stereocenters. The van der Waals surface area contributed by atoms with E-state index in [1.165, 1.54) is 12.8 Å². The summed E-state index contributed by atoms with van der Waals surface area (Å²) in [6.45, 7) is 7.17.